The summed E-state index contributed by atoms with van der Waals surface area (Å²) in [7, 11) is 0. The number of fused-ring (bicyclic) bond motifs is 1. The Labute approximate surface area is 164 Å². The summed E-state index contributed by atoms with van der Waals surface area (Å²) in [6.45, 7) is 5.09. The molecule has 0 saturated carbocycles. The molecule has 0 unspecified atom stereocenters. The second-order valence-electron chi connectivity index (χ2n) is 6.72. The normalized spacial score (nSPS) is 13.9. The fraction of sp³-hybridized carbons (Fsp3) is 0.200. The molecule has 0 N–H and O–H groups in total. The van der Waals surface area contributed by atoms with Crippen LogP contribution in [0.2, 0.25) is 0 Å². The van der Waals surface area contributed by atoms with Crippen LogP contribution >= 0.6 is 11.3 Å². The van der Waals surface area contributed by atoms with Gasteiger partial charge >= 0.3 is 0 Å². The maximum Gasteiger partial charge on any atom is 0.271 e. The molecule has 8 heteroatoms. The number of rotatable bonds is 3. The summed E-state index contributed by atoms with van der Waals surface area (Å²) in [6, 6.07) is 12.4. The minimum absolute atomic E-state index is 0.0263. The van der Waals surface area contributed by atoms with Gasteiger partial charge in [0.05, 0.1) is 9.46 Å². The minimum atomic E-state index is -0.442. The Kier molecular flexibility index (Phi) is 4.56. The van der Waals surface area contributed by atoms with Crippen LogP contribution in [0.25, 0.3) is 6.08 Å². The average Bonchev–Trinajstić information content (AvgIpc) is 2.99. The van der Waals surface area contributed by atoms with Crippen LogP contribution in [-0.2, 0) is 6.67 Å². The van der Waals surface area contributed by atoms with Gasteiger partial charge in [0.2, 0.25) is 0 Å². The van der Waals surface area contributed by atoms with Gasteiger partial charge in [0.15, 0.2) is 4.80 Å². The highest BCUT2D eigenvalue weighted by molar-refractivity contribution is 7.07. The van der Waals surface area contributed by atoms with E-state index >= 15 is 0 Å². The lowest BCUT2D eigenvalue weighted by molar-refractivity contribution is -0.384. The van der Waals surface area contributed by atoms with E-state index < -0.39 is 4.92 Å². The molecule has 2 aromatic carbocycles. The summed E-state index contributed by atoms with van der Waals surface area (Å²) < 4.78 is 2.23. The Morgan fingerprint density at radius 2 is 1.89 bits per heavy atom. The van der Waals surface area contributed by atoms with E-state index in [1.54, 1.807) is 22.8 Å². The zero-order chi connectivity index (χ0) is 19.8. The fourth-order valence-corrected chi connectivity index (χ4v) is 4.00. The van der Waals surface area contributed by atoms with Crippen LogP contribution in [0.4, 0.5) is 11.4 Å². The van der Waals surface area contributed by atoms with Gasteiger partial charge in [0.1, 0.15) is 13.3 Å². The molecule has 0 atom stereocenters. The maximum atomic E-state index is 12.8. The molecule has 0 aliphatic carbocycles. The molecule has 7 nitrogen and oxygen atoms in total. The number of hydrogen-bond acceptors (Lipinski definition) is 6. The Morgan fingerprint density at radius 3 is 2.57 bits per heavy atom. The van der Waals surface area contributed by atoms with Crippen molar-refractivity contribution in [3.05, 3.63) is 89.0 Å². The number of nitro benzene ring substituents is 1. The largest absolute Gasteiger partial charge is 0.334 e. The lowest BCUT2D eigenvalue weighted by Crippen LogP contribution is -2.42. The van der Waals surface area contributed by atoms with Crippen molar-refractivity contribution >= 4 is 28.8 Å². The molecule has 4 rings (SSSR count). The molecule has 1 aromatic heterocycles. The number of nitro groups is 1. The van der Waals surface area contributed by atoms with E-state index in [-0.39, 0.29) is 11.2 Å². The van der Waals surface area contributed by atoms with Gasteiger partial charge in [-0.1, -0.05) is 17.4 Å². The predicted octanol–water partition coefficient (Wildman–Crippen LogP) is 2.32. The number of anilines is 1. The van der Waals surface area contributed by atoms with Gasteiger partial charge in [-0.05, 0) is 60.9 Å². The summed E-state index contributed by atoms with van der Waals surface area (Å²) in [4.78, 5) is 30.5. The molecule has 0 saturated heterocycles. The third kappa shape index (κ3) is 3.34. The molecule has 3 aromatic rings. The van der Waals surface area contributed by atoms with Crippen molar-refractivity contribution in [1.29, 1.82) is 0 Å². The van der Waals surface area contributed by atoms with Gasteiger partial charge < -0.3 is 4.90 Å². The van der Waals surface area contributed by atoms with E-state index in [1.165, 1.54) is 34.6 Å². The van der Waals surface area contributed by atoms with E-state index in [0.29, 0.717) is 22.7 Å². The molecule has 0 radical (unpaired) electrons. The number of nitrogens with zero attached hydrogens (tertiary/aromatic N) is 4. The molecule has 0 bridgehead atoms. The first kappa shape index (κ1) is 18.1. The van der Waals surface area contributed by atoms with Crippen LogP contribution in [-0.4, -0.2) is 16.2 Å². The van der Waals surface area contributed by atoms with Crippen molar-refractivity contribution in [3.63, 3.8) is 0 Å². The zero-order valence-electron chi connectivity index (χ0n) is 15.5. The molecule has 28 heavy (non-hydrogen) atoms. The molecule has 1 aliphatic rings. The highest BCUT2D eigenvalue weighted by atomic mass is 32.1. The van der Waals surface area contributed by atoms with E-state index in [4.69, 9.17) is 0 Å². The van der Waals surface area contributed by atoms with E-state index in [1.807, 2.05) is 6.07 Å². The van der Waals surface area contributed by atoms with Crippen molar-refractivity contribution < 1.29 is 4.92 Å². The van der Waals surface area contributed by atoms with Gasteiger partial charge in [0, 0.05) is 17.8 Å². The monoisotopic (exact) mass is 394 g/mol. The van der Waals surface area contributed by atoms with Crippen molar-refractivity contribution in [2.45, 2.75) is 20.5 Å². The quantitative estimate of drug-likeness (QED) is 0.504. The Bertz CT molecular complexity index is 1240. The Balaban J connectivity index is 1.67. The standard InChI is InChI=1S/C20H18N4O3S/c1-13-3-6-17(9-14(13)2)22-11-21-20-23(12-22)19(25)18(28-20)10-15-4-7-16(8-5-15)24(26)27/h3-10H,11-12H2,1-2H3/b18-10-. The molecule has 142 valence electrons. The third-order valence-corrected chi connectivity index (χ3v) is 5.88. The minimum Gasteiger partial charge on any atom is -0.334 e. The Morgan fingerprint density at radius 1 is 1.14 bits per heavy atom. The van der Waals surface area contributed by atoms with Gasteiger partial charge in [-0.2, -0.15) is 0 Å². The molecule has 0 fully saturated rings. The maximum absolute atomic E-state index is 12.8. The number of non-ortho nitro benzene ring substituents is 1. The number of thiazole rings is 1. The average molecular weight is 394 g/mol. The number of benzene rings is 2. The highest BCUT2D eigenvalue weighted by Gasteiger charge is 2.16. The van der Waals surface area contributed by atoms with E-state index in [0.717, 1.165) is 11.3 Å². The van der Waals surface area contributed by atoms with Gasteiger partial charge in [-0.15, -0.1) is 0 Å². The number of aryl methyl sites for hydroxylation is 2. The highest BCUT2D eigenvalue weighted by Crippen LogP contribution is 2.20. The van der Waals surface area contributed by atoms with E-state index in [2.05, 4.69) is 35.9 Å². The van der Waals surface area contributed by atoms with Crippen molar-refractivity contribution in [3.8, 4) is 0 Å². The molecule has 2 heterocycles. The van der Waals surface area contributed by atoms with Crippen molar-refractivity contribution in [2.24, 2.45) is 4.99 Å². The first-order valence-corrected chi connectivity index (χ1v) is 9.56. The van der Waals surface area contributed by atoms with Gasteiger partial charge in [0.25, 0.3) is 11.2 Å². The third-order valence-electron chi connectivity index (χ3n) is 4.83. The summed E-state index contributed by atoms with van der Waals surface area (Å²) in [5.41, 5.74) is 4.14. The zero-order valence-corrected chi connectivity index (χ0v) is 16.3. The van der Waals surface area contributed by atoms with Gasteiger partial charge in [-0.25, -0.2) is 4.99 Å². The lowest BCUT2D eigenvalue weighted by atomic mass is 10.1. The number of aromatic nitrogens is 1. The van der Waals surface area contributed by atoms with E-state index in [9.17, 15) is 14.9 Å². The summed E-state index contributed by atoms with van der Waals surface area (Å²) in [5, 5.41) is 10.8. The van der Waals surface area contributed by atoms with Crippen LogP contribution in [0, 0.1) is 24.0 Å². The van der Waals surface area contributed by atoms with Crippen LogP contribution < -0.4 is 19.8 Å². The first-order valence-electron chi connectivity index (χ1n) is 8.75. The summed E-state index contributed by atoms with van der Waals surface area (Å²) in [6.07, 6.45) is 1.75. The molecular weight excluding hydrogens is 376 g/mol. The van der Waals surface area contributed by atoms with Crippen molar-refractivity contribution in [1.82, 2.24) is 4.57 Å². The SMILES string of the molecule is Cc1ccc(N2CN=c3s/c(=C\c4ccc([N+](=O)[O-])cc4)c(=O)n3C2)cc1C. The van der Waals surface area contributed by atoms with Gasteiger partial charge in [-0.3, -0.25) is 19.5 Å². The summed E-state index contributed by atoms with van der Waals surface area (Å²) in [5.74, 6) is 0. The molecule has 0 amide bonds. The number of hydrogen-bond donors (Lipinski definition) is 0. The summed E-state index contributed by atoms with van der Waals surface area (Å²) >= 11 is 1.34. The molecule has 1 aliphatic heterocycles. The van der Waals surface area contributed by atoms with Crippen LogP contribution in [0.15, 0.2) is 52.3 Å². The second-order valence-corrected chi connectivity index (χ2v) is 7.73. The van der Waals surface area contributed by atoms with Crippen LogP contribution in [0.1, 0.15) is 16.7 Å². The molecular formula is C20H18N4O3S. The van der Waals surface area contributed by atoms with Crippen LogP contribution in [0.3, 0.4) is 0 Å². The first-order chi connectivity index (χ1) is 13.4. The fourth-order valence-electron chi connectivity index (χ4n) is 3.04. The molecule has 0 spiro atoms. The second kappa shape index (κ2) is 7.05. The Hall–Kier alpha value is -3.26. The van der Waals surface area contributed by atoms with Crippen molar-refractivity contribution in [2.75, 3.05) is 11.6 Å². The predicted molar refractivity (Wildman–Crippen MR) is 109 cm³/mol. The lowest BCUT2D eigenvalue weighted by Gasteiger charge is -2.26. The smallest absolute Gasteiger partial charge is 0.271 e. The van der Waals surface area contributed by atoms with Crippen LogP contribution in [0.5, 0.6) is 0 Å². The topological polar surface area (TPSA) is 80.7 Å².